The molecule has 0 fully saturated rings. The summed E-state index contributed by atoms with van der Waals surface area (Å²) in [4.78, 5) is 11.3. The molecule has 0 aliphatic carbocycles. The van der Waals surface area contributed by atoms with Gasteiger partial charge in [0.15, 0.2) is 0 Å². The summed E-state index contributed by atoms with van der Waals surface area (Å²) in [5.74, 6) is 0. The molecule has 2 N–H and O–H groups in total. The summed E-state index contributed by atoms with van der Waals surface area (Å²) in [5, 5.41) is 6.13. The Balaban J connectivity index is 2.28. The van der Waals surface area contributed by atoms with Crippen LogP contribution >= 0.6 is 11.6 Å². The van der Waals surface area contributed by atoms with Gasteiger partial charge in [0, 0.05) is 17.8 Å². The van der Waals surface area contributed by atoms with Gasteiger partial charge in [-0.05, 0) is 38.0 Å². The predicted molar refractivity (Wildman–Crippen MR) is 71.1 cm³/mol. The largest absolute Gasteiger partial charge is 0.338 e. The highest BCUT2D eigenvalue weighted by atomic mass is 35.5. The maximum absolute atomic E-state index is 11.3. The standard InChI is InChI=1S/C13H17ClN2O/c1-10(2)9-16-13(17)15-7-6-11-4-3-5-12(14)8-11/h3-5,8-9H,6-7H2,1-2H3,(H2,15,16,17). The van der Waals surface area contributed by atoms with Crippen LogP contribution in [0.3, 0.4) is 0 Å². The van der Waals surface area contributed by atoms with Gasteiger partial charge in [0.05, 0.1) is 0 Å². The molecule has 0 unspecified atom stereocenters. The van der Waals surface area contributed by atoms with Gasteiger partial charge in [-0.2, -0.15) is 0 Å². The second-order valence-corrected chi connectivity index (χ2v) is 4.44. The van der Waals surface area contributed by atoms with Crippen molar-refractivity contribution >= 4 is 17.6 Å². The van der Waals surface area contributed by atoms with E-state index in [4.69, 9.17) is 11.6 Å². The van der Waals surface area contributed by atoms with Crippen molar-refractivity contribution < 1.29 is 4.79 Å². The molecule has 0 radical (unpaired) electrons. The van der Waals surface area contributed by atoms with Crippen molar-refractivity contribution in [2.45, 2.75) is 20.3 Å². The molecule has 0 aliphatic rings. The zero-order valence-corrected chi connectivity index (χ0v) is 10.8. The maximum Gasteiger partial charge on any atom is 0.318 e. The fourth-order valence-electron chi connectivity index (χ4n) is 1.27. The van der Waals surface area contributed by atoms with Crippen molar-refractivity contribution in [3.63, 3.8) is 0 Å². The third kappa shape index (κ3) is 5.97. The average molecular weight is 253 g/mol. The van der Waals surface area contributed by atoms with Gasteiger partial charge in [0.25, 0.3) is 0 Å². The van der Waals surface area contributed by atoms with E-state index in [0.29, 0.717) is 6.54 Å². The van der Waals surface area contributed by atoms with Crippen LogP contribution in [0.5, 0.6) is 0 Å². The highest BCUT2D eigenvalue weighted by molar-refractivity contribution is 6.30. The molecule has 0 spiro atoms. The normalized spacial score (nSPS) is 9.59. The average Bonchev–Trinajstić information content (AvgIpc) is 2.26. The third-order valence-corrected chi connectivity index (χ3v) is 2.32. The van der Waals surface area contributed by atoms with Gasteiger partial charge in [-0.3, -0.25) is 0 Å². The van der Waals surface area contributed by atoms with Crippen molar-refractivity contribution in [1.29, 1.82) is 0 Å². The molecule has 3 nitrogen and oxygen atoms in total. The Kier molecular flexibility index (Phi) is 5.57. The van der Waals surface area contributed by atoms with Crippen LogP contribution in [0.2, 0.25) is 5.02 Å². The second-order valence-electron chi connectivity index (χ2n) is 4.00. The molecule has 4 heteroatoms. The zero-order chi connectivity index (χ0) is 12.7. The molecule has 1 aromatic rings. The van der Waals surface area contributed by atoms with E-state index in [9.17, 15) is 4.79 Å². The molecule has 0 heterocycles. The van der Waals surface area contributed by atoms with Crippen LogP contribution in [-0.4, -0.2) is 12.6 Å². The van der Waals surface area contributed by atoms with Crippen molar-refractivity contribution in [2.24, 2.45) is 0 Å². The first kappa shape index (κ1) is 13.6. The lowest BCUT2D eigenvalue weighted by molar-refractivity contribution is 0.244. The van der Waals surface area contributed by atoms with Crippen LogP contribution in [0.25, 0.3) is 0 Å². The number of hydrogen-bond acceptors (Lipinski definition) is 1. The minimum atomic E-state index is -0.187. The predicted octanol–water partition coefficient (Wildman–Crippen LogP) is 3.11. The lowest BCUT2D eigenvalue weighted by Crippen LogP contribution is -2.33. The fraction of sp³-hybridized carbons (Fsp3) is 0.308. The number of hydrogen-bond donors (Lipinski definition) is 2. The first-order valence-electron chi connectivity index (χ1n) is 5.50. The van der Waals surface area contributed by atoms with Crippen molar-refractivity contribution in [3.8, 4) is 0 Å². The molecule has 0 atom stereocenters. The molecule has 17 heavy (non-hydrogen) atoms. The summed E-state index contributed by atoms with van der Waals surface area (Å²) in [5.41, 5.74) is 2.16. The number of urea groups is 1. The van der Waals surface area contributed by atoms with E-state index in [2.05, 4.69) is 10.6 Å². The number of carbonyl (C=O) groups excluding carboxylic acids is 1. The summed E-state index contributed by atoms with van der Waals surface area (Å²) in [6.07, 6.45) is 2.44. The van der Waals surface area contributed by atoms with Crippen LogP contribution in [-0.2, 0) is 6.42 Å². The Morgan fingerprint density at radius 2 is 2.18 bits per heavy atom. The molecule has 0 aromatic heterocycles. The Hall–Kier alpha value is -1.48. The van der Waals surface area contributed by atoms with Crippen molar-refractivity contribution in [2.75, 3.05) is 6.54 Å². The monoisotopic (exact) mass is 252 g/mol. The van der Waals surface area contributed by atoms with Gasteiger partial charge in [-0.15, -0.1) is 0 Å². The number of halogens is 1. The summed E-state index contributed by atoms with van der Waals surface area (Å²) in [6.45, 7) is 4.43. The van der Waals surface area contributed by atoms with Crippen LogP contribution in [0.4, 0.5) is 4.79 Å². The Morgan fingerprint density at radius 1 is 1.41 bits per heavy atom. The number of nitrogens with one attached hydrogen (secondary N) is 2. The number of allylic oxidation sites excluding steroid dienone is 1. The quantitative estimate of drug-likeness (QED) is 0.850. The van der Waals surface area contributed by atoms with E-state index in [1.54, 1.807) is 6.20 Å². The van der Waals surface area contributed by atoms with Gasteiger partial charge in [-0.1, -0.05) is 29.3 Å². The minimum absolute atomic E-state index is 0.187. The number of carbonyl (C=O) groups is 1. The molecule has 1 rings (SSSR count). The van der Waals surface area contributed by atoms with Crippen LogP contribution in [0.15, 0.2) is 36.0 Å². The topological polar surface area (TPSA) is 41.1 Å². The Bertz CT molecular complexity index is 412. The van der Waals surface area contributed by atoms with E-state index in [-0.39, 0.29) is 6.03 Å². The lowest BCUT2D eigenvalue weighted by Gasteiger charge is -2.05. The van der Waals surface area contributed by atoms with E-state index in [0.717, 1.165) is 22.6 Å². The summed E-state index contributed by atoms with van der Waals surface area (Å²) in [7, 11) is 0. The van der Waals surface area contributed by atoms with Gasteiger partial charge in [0.1, 0.15) is 0 Å². The molecule has 0 bridgehead atoms. The summed E-state index contributed by atoms with van der Waals surface area (Å²) < 4.78 is 0. The Morgan fingerprint density at radius 3 is 2.82 bits per heavy atom. The smallest absolute Gasteiger partial charge is 0.318 e. The Labute approximate surface area is 107 Å². The molecule has 92 valence electrons. The van der Waals surface area contributed by atoms with E-state index < -0.39 is 0 Å². The molecule has 0 saturated carbocycles. The van der Waals surface area contributed by atoms with Gasteiger partial charge >= 0.3 is 6.03 Å². The van der Waals surface area contributed by atoms with Gasteiger partial charge in [0.2, 0.25) is 0 Å². The molecule has 2 amide bonds. The molecular formula is C13H17ClN2O. The number of amides is 2. The highest BCUT2D eigenvalue weighted by Crippen LogP contribution is 2.10. The van der Waals surface area contributed by atoms with Gasteiger partial charge in [-0.25, -0.2) is 4.79 Å². The highest BCUT2D eigenvalue weighted by Gasteiger charge is 1.98. The lowest BCUT2D eigenvalue weighted by atomic mass is 10.1. The molecule has 0 saturated heterocycles. The minimum Gasteiger partial charge on any atom is -0.338 e. The zero-order valence-electron chi connectivity index (χ0n) is 10.1. The first-order valence-corrected chi connectivity index (χ1v) is 5.88. The summed E-state index contributed by atoms with van der Waals surface area (Å²) in [6, 6.07) is 7.44. The first-order chi connectivity index (χ1) is 8.08. The van der Waals surface area contributed by atoms with E-state index >= 15 is 0 Å². The SMILES string of the molecule is CC(C)=CNC(=O)NCCc1cccc(Cl)c1. The number of rotatable bonds is 4. The molecule has 0 aliphatic heterocycles. The van der Waals surface area contributed by atoms with Crippen molar-refractivity contribution in [3.05, 3.63) is 46.6 Å². The van der Waals surface area contributed by atoms with E-state index in [1.807, 2.05) is 38.1 Å². The molecular weight excluding hydrogens is 236 g/mol. The van der Waals surface area contributed by atoms with Crippen LogP contribution in [0, 0.1) is 0 Å². The van der Waals surface area contributed by atoms with Crippen LogP contribution < -0.4 is 10.6 Å². The van der Waals surface area contributed by atoms with E-state index in [1.165, 1.54) is 0 Å². The summed E-state index contributed by atoms with van der Waals surface area (Å²) >= 11 is 5.86. The fourth-order valence-corrected chi connectivity index (χ4v) is 1.49. The van der Waals surface area contributed by atoms with Crippen LogP contribution in [0.1, 0.15) is 19.4 Å². The third-order valence-electron chi connectivity index (χ3n) is 2.08. The number of benzene rings is 1. The molecule has 1 aromatic carbocycles. The second kappa shape index (κ2) is 6.97. The maximum atomic E-state index is 11.3. The van der Waals surface area contributed by atoms with Crippen molar-refractivity contribution in [1.82, 2.24) is 10.6 Å². The van der Waals surface area contributed by atoms with Gasteiger partial charge < -0.3 is 10.6 Å².